The Morgan fingerprint density at radius 2 is 2.05 bits per heavy atom. The minimum absolute atomic E-state index is 0.0396. The highest BCUT2D eigenvalue weighted by Gasteiger charge is 2.39. The summed E-state index contributed by atoms with van der Waals surface area (Å²) in [7, 11) is 0. The molecular formula is C13H19N3O3. The van der Waals surface area contributed by atoms with E-state index in [1.165, 1.54) is 11.8 Å². The summed E-state index contributed by atoms with van der Waals surface area (Å²) in [5.74, 6) is -1.04. The van der Waals surface area contributed by atoms with Crippen LogP contribution in [0.15, 0.2) is 6.07 Å². The van der Waals surface area contributed by atoms with Gasteiger partial charge in [-0.3, -0.25) is 9.89 Å². The normalized spacial score (nSPS) is 16.4. The van der Waals surface area contributed by atoms with Crippen molar-refractivity contribution in [3.63, 3.8) is 0 Å². The molecule has 0 radical (unpaired) electrons. The van der Waals surface area contributed by atoms with Gasteiger partial charge in [0.1, 0.15) is 11.7 Å². The van der Waals surface area contributed by atoms with E-state index < -0.39 is 12.0 Å². The van der Waals surface area contributed by atoms with E-state index >= 15 is 0 Å². The number of H-pyrrole nitrogens is 1. The van der Waals surface area contributed by atoms with Crippen LogP contribution in [0.5, 0.6) is 0 Å². The number of rotatable bonds is 5. The summed E-state index contributed by atoms with van der Waals surface area (Å²) >= 11 is 0. The lowest BCUT2D eigenvalue weighted by molar-refractivity contribution is -0.141. The summed E-state index contributed by atoms with van der Waals surface area (Å²) in [5, 5.41) is 15.9. The molecule has 104 valence electrons. The number of hydrogen-bond donors (Lipinski definition) is 2. The second kappa shape index (κ2) is 5.03. The number of carboxylic acid groups (broad SMARTS) is 1. The first-order valence-electron chi connectivity index (χ1n) is 6.52. The number of carbonyl (C=O) groups excluding carboxylic acids is 1. The number of amides is 1. The van der Waals surface area contributed by atoms with Gasteiger partial charge < -0.3 is 10.0 Å². The molecule has 1 unspecified atom stereocenters. The number of nitrogens with one attached hydrogen (secondary N) is 1. The van der Waals surface area contributed by atoms with Gasteiger partial charge in [0.05, 0.1) is 0 Å². The summed E-state index contributed by atoms with van der Waals surface area (Å²) in [5.41, 5.74) is 1.17. The first-order valence-corrected chi connectivity index (χ1v) is 6.52. The maximum Gasteiger partial charge on any atom is 0.326 e. The van der Waals surface area contributed by atoms with Crippen LogP contribution in [0.25, 0.3) is 0 Å². The van der Waals surface area contributed by atoms with Gasteiger partial charge in [0, 0.05) is 11.7 Å². The topological polar surface area (TPSA) is 86.3 Å². The second-order valence-electron chi connectivity index (χ2n) is 5.32. The van der Waals surface area contributed by atoms with Gasteiger partial charge in [-0.1, -0.05) is 13.8 Å². The lowest BCUT2D eigenvalue weighted by Crippen LogP contribution is -2.44. The molecule has 1 saturated carbocycles. The summed E-state index contributed by atoms with van der Waals surface area (Å²) in [6, 6.07) is 0.925. The summed E-state index contributed by atoms with van der Waals surface area (Å²) in [6.07, 6.45) is 1.73. The average Bonchev–Trinajstić information content (AvgIpc) is 3.04. The SMILES string of the molecule is CC(C)c1cc(C(=O)N(C2CC2)C(C)C(=O)O)n[nH]1. The zero-order chi connectivity index (χ0) is 14.2. The highest BCUT2D eigenvalue weighted by Crippen LogP contribution is 2.30. The van der Waals surface area contributed by atoms with E-state index in [1.54, 1.807) is 6.07 Å². The Labute approximate surface area is 111 Å². The van der Waals surface area contributed by atoms with Gasteiger partial charge in [-0.15, -0.1) is 0 Å². The summed E-state index contributed by atoms with van der Waals surface area (Å²) in [6.45, 7) is 5.54. The van der Waals surface area contributed by atoms with Crippen LogP contribution in [0.4, 0.5) is 0 Å². The van der Waals surface area contributed by atoms with E-state index in [0.717, 1.165) is 18.5 Å². The molecule has 0 aliphatic heterocycles. The first-order chi connectivity index (χ1) is 8.91. The number of aromatic nitrogens is 2. The molecular weight excluding hydrogens is 246 g/mol. The minimum Gasteiger partial charge on any atom is -0.480 e. The van der Waals surface area contributed by atoms with Gasteiger partial charge in [-0.25, -0.2) is 4.79 Å². The number of nitrogens with zero attached hydrogens (tertiary/aromatic N) is 2. The number of aliphatic carboxylic acids is 1. The highest BCUT2D eigenvalue weighted by atomic mass is 16.4. The average molecular weight is 265 g/mol. The predicted molar refractivity (Wildman–Crippen MR) is 69.0 cm³/mol. The highest BCUT2D eigenvalue weighted by molar-refractivity contribution is 5.95. The Morgan fingerprint density at radius 3 is 2.47 bits per heavy atom. The molecule has 6 heteroatoms. The van der Waals surface area contributed by atoms with Crippen LogP contribution in [0, 0.1) is 0 Å². The largest absolute Gasteiger partial charge is 0.480 e. The standard InChI is InChI=1S/C13H19N3O3/c1-7(2)10-6-11(15-14-10)12(17)16(9-4-5-9)8(3)13(18)19/h6-9H,4-5H2,1-3H3,(H,14,15)(H,18,19). The number of aromatic amines is 1. The van der Waals surface area contributed by atoms with Gasteiger partial charge in [0.25, 0.3) is 5.91 Å². The lowest BCUT2D eigenvalue weighted by Gasteiger charge is -2.25. The molecule has 2 N–H and O–H groups in total. The Bertz CT molecular complexity index is 491. The van der Waals surface area contributed by atoms with Crippen LogP contribution >= 0.6 is 0 Å². The molecule has 0 aromatic carbocycles. The monoisotopic (exact) mass is 265 g/mol. The van der Waals surface area contributed by atoms with Gasteiger partial charge in [-0.2, -0.15) is 5.10 Å². The molecule has 0 spiro atoms. The molecule has 1 heterocycles. The second-order valence-corrected chi connectivity index (χ2v) is 5.32. The van der Waals surface area contributed by atoms with Gasteiger partial charge >= 0.3 is 5.97 Å². The van der Waals surface area contributed by atoms with Gasteiger partial charge in [0.15, 0.2) is 0 Å². The zero-order valence-electron chi connectivity index (χ0n) is 11.4. The summed E-state index contributed by atoms with van der Waals surface area (Å²) < 4.78 is 0. The maximum atomic E-state index is 12.4. The lowest BCUT2D eigenvalue weighted by atomic mass is 10.1. The molecule has 0 bridgehead atoms. The molecule has 1 aromatic heterocycles. The van der Waals surface area contributed by atoms with Crippen molar-refractivity contribution in [2.24, 2.45) is 0 Å². The molecule has 2 rings (SSSR count). The van der Waals surface area contributed by atoms with Crippen molar-refractivity contribution in [1.29, 1.82) is 0 Å². The van der Waals surface area contributed by atoms with Crippen molar-refractivity contribution in [3.8, 4) is 0 Å². The van der Waals surface area contributed by atoms with Crippen molar-refractivity contribution in [2.45, 2.75) is 51.6 Å². The minimum atomic E-state index is -0.986. The maximum absolute atomic E-state index is 12.4. The quantitative estimate of drug-likeness (QED) is 0.846. The molecule has 1 fully saturated rings. The van der Waals surface area contributed by atoms with Crippen LogP contribution in [0.2, 0.25) is 0 Å². The first kappa shape index (κ1) is 13.6. The van der Waals surface area contributed by atoms with Gasteiger partial charge in [0.2, 0.25) is 0 Å². The van der Waals surface area contributed by atoms with Crippen LogP contribution in [0.1, 0.15) is 55.7 Å². The molecule has 6 nitrogen and oxygen atoms in total. The molecule has 1 aliphatic carbocycles. The number of hydrogen-bond acceptors (Lipinski definition) is 3. The molecule has 1 aliphatic rings. The van der Waals surface area contributed by atoms with Crippen molar-refractivity contribution >= 4 is 11.9 Å². The molecule has 0 saturated heterocycles. The molecule has 1 aromatic rings. The predicted octanol–water partition coefficient (Wildman–Crippen LogP) is 1.61. The Kier molecular flexibility index (Phi) is 3.59. The smallest absolute Gasteiger partial charge is 0.326 e. The van der Waals surface area contributed by atoms with Crippen LogP contribution in [-0.2, 0) is 4.79 Å². The van der Waals surface area contributed by atoms with Crippen LogP contribution < -0.4 is 0 Å². The third-order valence-corrected chi connectivity index (χ3v) is 3.39. The summed E-state index contributed by atoms with van der Waals surface area (Å²) in [4.78, 5) is 24.9. The van der Waals surface area contributed by atoms with Crippen molar-refractivity contribution in [2.75, 3.05) is 0 Å². The van der Waals surface area contributed by atoms with E-state index in [4.69, 9.17) is 5.11 Å². The molecule has 1 atom stereocenters. The van der Waals surface area contributed by atoms with E-state index in [0.29, 0.717) is 5.69 Å². The third-order valence-electron chi connectivity index (χ3n) is 3.39. The Balaban J connectivity index is 2.21. The fourth-order valence-corrected chi connectivity index (χ4v) is 2.00. The van der Waals surface area contributed by atoms with Crippen LogP contribution in [0.3, 0.4) is 0 Å². The molecule has 1 amide bonds. The Hall–Kier alpha value is -1.85. The van der Waals surface area contributed by atoms with Crippen molar-refractivity contribution in [3.05, 3.63) is 17.5 Å². The Morgan fingerprint density at radius 1 is 1.42 bits per heavy atom. The van der Waals surface area contributed by atoms with Crippen LogP contribution in [-0.4, -0.2) is 44.2 Å². The molecule has 19 heavy (non-hydrogen) atoms. The van der Waals surface area contributed by atoms with Crippen molar-refractivity contribution in [1.82, 2.24) is 15.1 Å². The fraction of sp³-hybridized carbons (Fsp3) is 0.615. The van der Waals surface area contributed by atoms with E-state index in [9.17, 15) is 9.59 Å². The number of carbonyl (C=O) groups is 2. The van der Waals surface area contributed by atoms with Crippen molar-refractivity contribution < 1.29 is 14.7 Å². The third kappa shape index (κ3) is 2.77. The van der Waals surface area contributed by atoms with Gasteiger partial charge in [-0.05, 0) is 31.7 Å². The van der Waals surface area contributed by atoms with E-state index in [2.05, 4.69) is 10.2 Å². The van der Waals surface area contributed by atoms with E-state index in [1.807, 2.05) is 13.8 Å². The van der Waals surface area contributed by atoms with E-state index in [-0.39, 0.29) is 17.9 Å². The zero-order valence-corrected chi connectivity index (χ0v) is 11.4. The fourth-order valence-electron chi connectivity index (χ4n) is 2.00. The number of carboxylic acids is 1.